The van der Waals surface area contributed by atoms with Crippen molar-refractivity contribution in [3.63, 3.8) is 0 Å². The first-order valence-electron chi connectivity index (χ1n) is 13.4. The van der Waals surface area contributed by atoms with Gasteiger partial charge in [0, 0.05) is 16.6 Å². The first-order chi connectivity index (χ1) is 19.2. The third-order valence-electron chi connectivity index (χ3n) is 6.38. The second kappa shape index (κ2) is 13.5. The third kappa shape index (κ3) is 8.56. The van der Waals surface area contributed by atoms with Crippen LogP contribution in [0.25, 0.3) is 0 Å². The average Bonchev–Trinajstić information content (AvgIpc) is 2.90. The summed E-state index contributed by atoms with van der Waals surface area (Å²) in [5.41, 5.74) is 1.61. The molecule has 41 heavy (non-hydrogen) atoms. The molecule has 3 rings (SSSR count). The number of halogens is 1. The third-order valence-corrected chi connectivity index (χ3v) is 8.70. The highest BCUT2D eigenvalue weighted by Crippen LogP contribution is 2.27. The van der Waals surface area contributed by atoms with E-state index in [2.05, 4.69) is 21.2 Å². The maximum Gasteiger partial charge on any atom is 0.264 e. The van der Waals surface area contributed by atoms with Crippen LogP contribution in [0.5, 0.6) is 5.75 Å². The number of ether oxygens (including phenoxy) is 1. The number of amides is 2. The van der Waals surface area contributed by atoms with Crippen molar-refractivity contribution >= 4 is 43.5 Å². The lowest BCUT2D eigenvalue weighted by molar-refractivity contribution is -0.140. The molecular formula is C31H38BrN3O5S. The molecule has 1 unspecified atom stereocenters. The summed E-state index contributed by atoms with van der Waals surface area (Å²) in [5, 5.41) is 2.94. The maximum atomic E-state index is 14.1. The van der Waals surface area contributed by atoms with Crippen LogP contribution in [0.15, 0.2) is 82.2 Å². The molecule has 3 aromatic rings. The predicted molar refractivity (Wildman–Crippen MR) is 165 cm³/mol. The maximum absolute atomic E-state index is 14.1. The standard InChI is InChI=1S/C31H38BrN3O5S/c1-7-40-27-16-14-26(15-17-27)35(41(38,39)28-18-12-25(32)13-19-28)21-29(36)34(20-24-11-9-8-10-22(24)2)23(3)30(37)33-31(4,5)6/h8-19,23H,7,20-21H2,1-6H3,(H,33,37). The Morgan fingerprint density at radius 1 is 0.976 bits per heavy atom. The van der Waals surface area contributed by atoms with Crippen molar-refractivity contribution in [1.29, 1.82) is 0 Å². The zero-order valence-corrected chi connectivity index (χ0v) is 26.8. The molecule has 1 N–H and O–H groups in total. The number of hydrogen-bond acceptors (Lipinski definition) is 5. The first-order valence-corrected chi connectivity index (χ1v) is 15.6. The van der Waals surface area contributed by atoms with Gasteiger partial charge in [0.1, 0.15) is 18.3 Å². The van der Waals surface area contributed by atoms with E-state index < -0.39 is 34.1 Å². The van der Waals surface area contributed by atoms with E-state index in [1.807, 2.05) is 58.9 Å². The summed E-state index contributed by atoms with van der Waals surface area (Å²) in [4.78, 5) is 28.8. The Morgan fingerprint density at radius 3 is 2.15 bits per heavy atom. The summed E-state index contributed by atoms with van der Waals surface area (Å²) in [6.07, 6.45) is 0. The number of carbonyl (C=O) groups excluding carboxylic acids is 2. The summed E-state index contributed by atoms with van der Waals surface area (Å²) >= 11 is 3.34. The van der Waals surface area contributed by atoms with Gasteiger partial charge in [-0.1, -0.05) is 40.2 Å². The molecule has 0 aliphatic heterocycles. The molecule has 220 valence electrons. The lowest BCUT2D eigenvalue weighted by Gasteiger charge is -2.33. The fourth-order valence-electron chi connectivity index (χ4n) is 4.17. The Kier molecular flexibility index (Phi) is 10.6. The van der Waals surface area contributed by atoms with E-state index in [0.717, 1.165) is 19.9 Å². The predicted octanol–water partition coefficient (Wildman–Crippen LogP) is 5.68. The smallest absolute Gasteiger partial charge is 0.264 e. The molecule has 0 spiro atoms. The van der Waals surface area contributed by atoms with Crippen LogP contribution in [0.1, 0.15) is 45.7 Å². The topological polar surface area (TPSA) is 96.0 Å². The summed E-state index contributed by atoms with van der Waals surface area (Å²) < 4.78 is 35.2. The highest BCUT2D eigenvalue weighted by Gasteiger charge is 2.33. The summed E-state index contributed by atoms with van der Waals surface area (Å²) in [6, 6.07) is 19.5. The van der Waals surface area contributed by atoms with Gasteiger partial charge in [0.05, 0.1) is 17.2 Å². The van der Waals surface area contributed by atoms with Gasteiger partial charge in [-0.15, -0.1) is 0 Å². The summed E-state index contributed by atoms with van der Waals surface area (Å²) in [7, 11) is -4.16. The Bertz CT molecular complexity index is 1450. The van der Waals surface area contributed by atoms with E-state index in [9.17, 15) is 18.0 Å². The highest BCUT2D eigenvalue weighted by atomic mass is 79.9. The van der Waals surface area contributed by atoms with Crippen LogP contribution in [0.3, 0.4) is 0 Å². The monoisotopic (exact) mass is 643 g/mol. The van der Waals surface area contributed by atoms with Crippen molar-refractivity contribution in [3.05, 3.63) is 88.4 Å². The Hall–Kier alpha value is -3.37. The van der Waals surface area contributed by atoms with Gasteiger partial charge >= 0.3 is 0 Å². The van der Waals surface area contributed by atoms with Gasteiger partial charge in [0.2, 0.25) is 11.8 Å². The second-order valence-electron chi connectivity index (χ2n) is 10.8. The van der Waals surface area contributed by atoms with Crippen LogP contribution in [0.2, 0.25) is 0 Å². The molecule has 1 atom stereocenters. The van der Waals surface area contributed by atoms with Crippen molar-refractivity contribution < 1.29 is 22.7 Å². The number of carbonyl (C=O) groups is 2. The Morgan fingerprint density at radius 2 is 1.59 bits per heavy atom. The molecule has 10 heteroatoms. The Balaban J connectivity index is 2.05. The first kappa shape index (κ1) is 32.1. The van der Waals surface area contributed by atoms with Crippen LogP contribution in [-0.4, -0.2) is 49.9 Å². The molecule has 0 aromatic heterocycles. The zero-order chi connectivity index (χ0) is 30.4. The lowest BCUT2D eigenvalue weighted by Crippen LogP contribution is -2.54. The number of nitrogens with zero attached hydrogens (tertiary/aromatic N) is 2. The average molecular weight is 645 g/mol. The number of anilines is 1. The molecular weight excluding hydrogens is 606 g/mol. The van der Waals surface area contributed by atoms with Gasteiger partial charge in [-0.3, -0.25) is 13.9 Å². The summed E-state index contributed by atoms with van der Waals surface area (Å²) in [5.74, 6) is -0.264. The van der Waals surface area contributed by atoms with Crippen molar-refractivity contribution in [1.82, 2.24) is 10.2 Å². The van der Waals surface area contributed by atoms with Crippen LogP contribution in [0, 0.1) is 6.92 Å². The van der Waals surface area contributed by atoms with E-state index in [1.165, 1.54) is 17.0 Å². The van der Waals surface area contributed by atoms with E-state index in [0.29, 0.717) is 18.0 Å². The van der Waals surface area contributed by atoms with Crippen LogP contribution in [0.4, 0.5) is 5.69 Å². The van der Waals surface area contributed by atoms with Gasteiger partial charge in [-0.2, -0.15) is 0 Å². The molecule has 8 nitrogen and oxygen atoms in total. The molecule has 0 fully saturated rings. The number of hydrogen-bond donors (Lipinski definition) is 1. The quantitative estimate of drug-likeness (QED) is 0.290. The minimum absolute atomic E-state index is 0.0337. The van der Waals surface area contributed by atoms with Crippen LogP contribution >= 0.6 is 15.9 Å². The number of aryl methyl sites for hydroxylation is 1. The molecule has 0 radical (unpaired) electrons. The molecule has 0 saturated heterocycles. The molecule has 2 amide bonds. The van der Waals surface area contributed by atoms with E-state index in [1.54, 1.807) is 43.3 Å². The SMILES string of the molecule is CCOc1ccc(N(CC(=O)N(Cc2ccccc2C)C(C)C(=O)NC(C)(C)C)S(=O)(=O)c2ccc(Br)cc2)cc1. The van der Waals surface area contributed by atoms with Gasteiger partial charge in [0.15, 0.2) is 0 Å². The largest absolute Gasteiger partial charge is 0.494 e. The van der Waals surface area contributed by atoms with Crippen molar-refractivity contribution in [3.8, 4) is 5.75 Å². The number of nitrogens with one attached hydrogen (secondary N) is 1. The summed E-state index contributed by atoms with van der Waals surface area (Å²) in [6.45, 7) is 11.1. The highest BCUT2D eigenvalue weighted by molar-refractivity contribution is 9.10. The normalized spacial score (nSPS) is 12.4. The minimum atomic E-state index is -4.16. The van der Waals surface area contributed by atoms with E-state index >= 15 is 0 Å². The van der Waals surface area contributed by atoms with Gasteiger partial charge < -0.3 is 15.0 Å². The molecule has 0 bridgehead atoms. The second-order valence-corrected chi connectivity index (χ2v) is 13.5. The fraction of sp³-hybridized carbons (Fsp3) is 0.355. The number of sulfonamides is 1. The number of rotatable bonds is 11. The molecule has 0 aliphatic rings. The molecule has 0 saturated carbocycles. The zero-order valence-electron chi connectivity index (χ0n) is 24.3. The van der Waals surface area contributed by atoms with Gasteiger partial charge in [0.25, 0.3) is 10.0 Å². The number of benzene rings is 3. The van der Waals surface area contributed by atoms with Crippen molar-refractivity contribution in [2.75, 3.05) is 17.5 Å². The van der Waals surface area contributed by atoms with Crippen LogP contribution < -0.4 is 14.4 Å². The Labute approximate surface area is 251 Å². The van der Waals surface area contributed by atoms with Gasteiger partial charge in [-0.05, 0) is 101 Å². The fourth-order valence-corrected chi connectivity index (χ4v) is 5.84. The van der Waals surface area contributed by atoms with Crippen molar-refractivity contribution in [2.45, 2.75) is 64.6 Å². The van der Waals surface area contributed by atoms with Gasteiger partial charge in [-0.25, -0.2) is 8.42 Å². The molecule has 0 heterocycles. The lowest BCUT2D eigenvalue weighted by atomic mass is 10.1. The van der Waals surface area contributed by atoms with E-state index in [4.69, 9.17) is 4.74 Å². The van der Waals surface area contributed by atoms with Crippen LogP contribution in [-0.2, 0) is 26.2 Å². The minimum Gasteiger partial charge on any atom is -0.494 e. The van der Waals surface area contributed by atoms with E-state index in [-0.39, 0.29) is 17.3 Å². The molecule has 0 aliphatic carbocycles. The molecule has 3 aromatic carbocycles. The van der Waals surface area contributed by atoms with Crippen molar-refractivity contribution in [2.24, 2.45) is 0 Å².